The van der Waals surface area contributed by atoms with E-state index in [2.05, 4.69) is 13.8 Å². The summed E-state index contributed by atoms with van der Waals surface area (Å²) in [6.07, 6.45) is 2.63. The number of carbonyl (C=O) groups is 2. The molecule has 3 aromatic rings. The molecule has 0 atom stereocenters. The van der Waals surface area contributed by atoms with Crippen LogP contribution in [0.15, 0.2) is 64.0 Å². The molecule has 0 fully saturated rings. The number of hydrogen-bond acceptors (Lipinski definition) is 4. The molecule has 1 aromatic heterocycles. The Balaban J connectivity index is 1.90. The Morgan fingerprint density at radius 1 is 0.946 bits per heavy atom. The SMILES string of the molecule is Cc1ccc2occ(CN(Cc3ccccc3)C(=O)CN(CCC(C)C)C(=O)CC(C)(C)C)c(=O)c2c1. The fourth-order valence-corrected chi connectivity index (χ4v) is 4.17. The quantitative estimate of drug-likeness (QED) is 0.343. The maximum absolute atomic E-state index is 13.7. The van der Waals surface area contributed by atoms with Gasteiger partial charge in [-0.2, -0.15) is 0 Å². The molecule has 0 saturated carbocycles. The minimum atomic E-state index is -0.196. The Labute approximate surface area is 220 Å². The molecule has 0 radical (unpaired) electrons. The van der Waals surface area contributed by atoms with E-state index >= 15 is 0 Å². The minimum Gasteiger partial charge on any atom is -0.464 e. The van der Waals surface area contributed by atoms with Crippen LogP contribution < -0.4 is 5.43 Å². The number of carbonyl (C=O) groups excluding carboxylic acids is 2. The van der Waals surface area contributed by atoms with Gasteiger partial charge in [0.15, 0.2) is 5.43 Å². The molecule has 3 rings (SSSR count). The van der Waals surface area contributed by atoms with Gasteiger partial charge in [0.2, 0.25) is 11.8 Å². The van der Waals surface area contributed by atoms with Gasteiger partial charge in [-0.05, 0) is 42.4 Å². The predicted octanol–water partition coefficient (Wildman–Crippen LogP) is 5.94. The molecule has 0 aliphatic carbocycles. The molecule has 0 spiro atoms. The first-order valence-corrected chi connectivity index (χ1v) is 13.0. The van der Waals surface area contributed by atoms with Crippen LogP contribution in [0.2, 0.25) is 0 Å². The Morgan fingerprint density at radius 3 is 2.30 bits per heavy atom. The van der Waals surface area contributed by atoms with Gasteiger partial charge in [-0.3, -0.25) is 14.4 Å². The highest BCUT2D eigenvalue weighted by atomic mass is 16.3. The molecule has 198 valence electrons. The molecule has 0 N–H and O–H groups in total. The van der Waals surface area contributed by atoms with Crippen molar-refractivity contribution in [3.8, 4) is 0 Å². The highest BCUT2D eigenvalue weighted by Gasteiger charge is 2.26. The van der Waals surface area contributed by atoms with Crippen molar-refractivity contribution in [3.63, 3.8) is 0 Å². The van der Waals surface area contributed by atoms with Crippen molar-refractivity contribution in [2.75, 3.05) is 13.1 Å². The molecule has 6 nitrogen and oxygen atoms in total. The predicted molar refractivity (Wildman–Crippen MR) is 148 cm³/mol. The fraction of sp³-hybridized carbons (Fsp3) is 0.452. The van der Waals surface area contributed by atoms with Crippen molar-refractivity contribution in [2.45, 2.75) is 67.5 Å². The van der Waals surface area contributed by atoms with Crippen LogP contribution in [-0.2, 0) is 22.7 Å². The lowest BCUT2D eigenvalue weighted by Gasteiger charge is -2.30. The summed E-state index contributed by atoms with van der Waals surface area (Å²) in [6, 6.07) is 15.2. The molecule has 37 heavy (non-hydrogen) atoms. The molecular weight excluding hydrogens is 464 g/mol. The summed E-state index contributed by atoms with van der Waals surface area (Å²) in [6.45, 7) is 13.1. The van der Waals surface area contributed by atoms with Gasteiger partial charge in [-0.25, -0.2) is 0 Å². The first-order chi connectivity index (χ1) is 17.4. The average molecular weight is 505 g/mol. The summed E-state index contributed by atoms with van der Waals surface area (Å²) in [7, 11) is 0. The van der Waals surface area contributed by atoms with Crippen molar-refractivity contribution in [1.29, 1.82) is 0 Å². The zero-order chi connectivity index (χ0) is 27.2. The first kappa shape index (κ1) is 28.2. The summed E-state index contributed by atoms with van der Waals surface area (Å²) < 4.78 is 5.75. The van der Waals surface area contributed by atoms with E-state index in [1.54, 1.807) is 15.9 Å². The van der Waals surface area contributed by atoms with Crippen LogP contribution in [0.3, 0.4) is 0 Å². The van der Waals surface area contributed by atoms with Crippen molar-refractivity contribution >= 4 is 22.8 Å². The minimum absolute atomic E-state index is 0.0213. The largest absolute Gasteiger partial charge is 0.464 e. The molecule has 2 amide bonds. The molecule has 2 aromatic carbocycles. The second-order valence-corrected chi connectivity index (χ2v) is 11.6. The van der Waals surface area contributed by atoms with Gasteiger partial charge >= 0.3 is 0 Å². The summed E-state index contributed by atoms with van der Waals surface area (Å²) in [5, 5.41) is 0.503. The molecule has 0 bridgehead atoms. The van der Waals surface area contributed by atoms with E-state index in [0.717, 1.165) is 17.5 Å². The standard InChI is InChI=1S/C31H40N2O4/c1-22(2)14-15-32(28(34)17-31(4,5)6)20-29(35)33(18-24-10-8-7-9-11-24)19-25-21-37-27-13-12-23(3)16-26(27)30(25)36/h7-13,16,21-22H,14-15,17-20H2,1-6H3. The molecule has 1 heterocycles. The van der Waals surface area contributed by atoms with E-state index < -0.39 is 0 Å². The van der Waals surface area contributed by atoms with Gasteiger partial charge in [0.05, 0.1) is 30.3 Å². The Morgan fingerprint density at radius 2 is 1.65 bits per heavy atom. The number of amides is 2. The maximum atomic E-state index is 13.7. The number of hydrogen-bond donors (Lipinski definition) is 0. The van der Waals surface area contributed by atoms with Gasteiger partial charge in [0, 0.05) is 19.5 Å². The molecule has 0 unspecified atom stereocenters. The number of benzene rings is 2. The van der Waals surface area contributed by atoms with Crippen molar-refractivity contribution in [1.82, 2.24) is 9.80 Å². The lowest BCUT2D eigenvalue weighted by molar-refractivity contribution is -0.142. The molecule has 0 aliphatic heterocycles. The van der Waals surface area contributed by atoms with Crippen molar-refractivity contribution in [2.24, 2.45) is 11.3 Å². The van der Waals surface area contributed by atoms with Crippen LogP contribution >= 0.6 is 0 Å². The fourth-order valence-electron chi connectivity index (χ4n) is 4.17. The van der Waals surface area contributed by atoms with E-state index in [1.165, 1.54) is 6.26 Å². The van der Waals surface area contributed by atoms with Crippen LogP contribution in [0, 0.1) is 18.3 Å². The Bertz CT molecular complexity index is 1270. The smallest absolute Gasteiger partial charge is 0.242 e. The van der Waals surface area contributed by atoms with Gasteiger partial charge < -0.3 is 14.2 Å². The van der Waals surface area contributed by atoms with E-state index in [0.29, 0.717) is 42.0 Å². The van der Waals surface area contributed by atoms with Crippen LogP contribution in [0.4, 0.5) is 0 Å². The summed E-state index contributed by atoms with van der Waals surface area (Å²) >= 11 is 0. The highest BCUT2D eigenvalue weighted by molar-refractivity contribution is 5.85. The van der Waals surface area contributed by atoms with E-state index in [4.69, 9.17) is 4.42 Å². The molecule has 6 heteroatoms. The highest BCUT2D eigenvalue weighted by Crippen LogP contribution is 2.21. The van der Waals surface area contributed by atoms with E-state index in [9.17, 15) is 14.4 Å². The van der Waals surface area contributed by atoms with Gasteiger partial charge in [-0.15, -0.1) is 0 Å². The molecule has 0 aliphatic rings. The number of nitrogens with zero attached hydrogens (tertiary/aromatic N) is 2. The van der Waals surface area contributed by atoms with E-state index in [-0.39, 0.29) is 35.7 Å². The molecular formula is C31H40N2O4. The van der Waals surface area contributed by atoms with Gasteiger partial charge in [0.25, 0.3) is 0 Å². The number of aryl methyl sites for hydroxylation is 1. The normalized spacial score (nSPS) is 11.6. The van der Waals surface area contributed by atoms with Gasteiger partial charge in [0.1, 0.15) is 5.58 Å². The van der Waals surface area contributed by atoms with E-state index in [1.807, 2.05) is 70.2 Å². The number of fused-ring (bicyclic) bond motifs is 1. The first-order valence-electron chi connectivity index (χ1n) is 13.0. The Kier molecular flexibility index (Phi) is 9.30. The van der Waals surface area contributed by atoms with Crippen molar-refractivity contribution in [3.05, 3.63) is 81.7 Å². The Hall–Kier alpha value is -3.41. The van der Waals surface area contributed by atoms with Crippen LogP contribution in [0.5, 0.6) is 0 Å². The zero-order valence-corrected chi connectivity index (χ0v) is 23.0. The topological polar surface area (TPSA) is 70.8 Å². The lowest BCUT2D eigenvalue weighted by Crippen LogP contribution is -2.44. The summed E-state index contributed by atoms with van der Waals surface area (Å²) in [5.74, 6) is 0.187. The maximum Gasteiger partial charge on any atom is 0.242 e. The van der Waals surface area contributed by atoms with Crippen LogP contribution in [0.25, 0.3) is 11.0 Å². The third kappa shape index (κ3) is 8.31. The monoisotopic (exact) mass is 504 g/mol. The van der Waals surface area contributed by atoms with Crippen molar-refractivity contribution < 1.29 is 14.0 Å². The zero-order valence-electron chi connectivity index (χ0n) is 23.0. The second-order valence-electron chi connectivity index (χ2n) is 11.6. The molecule has 0 saturated heterocycles. The van der Waals surface area contributed by atoms with Crippen LogP contribution in [-0.4, -0.2) is 34.7 Å². The second kappa shape index (κ2) is 12.2. The van der Waals surface area contributed by atoms with Crippen LogP contribution in [0.1, 0.15) is 64.2 Å². The summed E-state index contributed by atoms with van der Waals surface area (Å²) in [4.78, 5) is 43.5. The third-order valence-corrected chi connectivity index (χ3v) is 6.27. The number of rotatable bonds is 10. The third-order valence-electron chi connectivity index (χ3n) is 6.27. The average Bonchev–Trinajstić information content (AvgIpc) is 2.82. The van der Waals surface area contributed by atoms with Gasteiger partial charge in [-0.1, -0.05) is 76.6 Å². The lowest BCUT2D eigenvalue weighted by atomic mass is 9.91. The summed E-state index contributed by atoms with van der Waals surface area (Å²) in [5.41, 5.74) is 2.53.